The molecule has 2 aromatic carbocycles. The first-order chi connectivity index (χ1) is 14.0. The van der Waals surface area contributed by atoms with Crippen LogP contribution in [0.15, 0.2) is 36.7 Å². The minimum Gasteiger partial charge on any atom is -0.371 e. The van der Waals surface area contributed by atoms with Crippen molar-refractivity contribution in [3.63, 3.8) is 0 Å². The van der Waals surface area contributed by atoms with Crippen LogP contribution in [0, 0.1) is 13.0 Å². The van der Waals surface area contributed by atoms with E-state index in [1.165, 1.54) is 16.1 Å². The Labute approximate surface area is 200 Å². The largest absolute Gasteiger partial charge is 0.371 e. The molecule has 0 aliphatic heterocycles. The summed E-state index contributed by atoms with van der Waals surface area (Å²) in [7, 11) is -1.18. The van der Waals surface area contributed by atoms with E-state index in [1.54, 1.807) is 6.33 Å². The quantitative estimate of drug-likeness (QED) is 0.255. The first-order valence-electron chi connectivity index (χ1n) is 10.4. The summed E-state index contributed by atoms with van der Waals surface area (Å²) in [4.78, 5) is 9.36. The molecular formula is C23H30IrN5Si2-. The molecule has 0 spiro atoms. The van der Waals surface area contributed by atoms with Crippen LogP contribution in [-0.4, -0.2) is 40.5 Å². The van der Waals surface area contributed by atoms with Crippen molar-refractivity contribution in [2.45, 2.75) is 46.2 Å². The Bertz CT molecular complexity index is 1210. The van der Waals surface area contributed by atoms with Crippen molar-refractivity contribution in [2.75, 3.05) is 0 Å². The molecule has 4 rings (SSSR count). The van der Waals surface area contributed by atoms with E-state index in [9.17, 15) is 0 Å². The van der Waals surface area contributed by atoms with Gasteiger partial charge in [0.1, 0.15) is 6.33 Å². The molecule has 0 unspecified atom stereocenters. The second-order valence-electron chi connectivity index (χ2n) is 10.0. The Kier molecular flexibility index (Phi) is 6.32. The molecule has 31 heavy (non-hydrogen) atoms. The van der Waals surface area contributed by atoms with Gasteiger partial charge >= 0.3 is 0 Å². The second kappa shape index (κ2) is 8.24. The molecule has 0 bridgehead atoms. The van der Waals surface area contributed by atoms with Gasteiger partial charge in [0.15, 0.2) is 0 Å². The van der Waals surface area contributed by atoms with Crippen molar-refractivity contribution in [3.05, 3.63) is 48.5 Å². The smallest absolute Gasteiger partial charge is 0.127 e. The summed E-state index contributed by atoms with van der Waals surface area (Å²) < 4.78 is 4.14. The first kappa shape index (κ1) is 23.8. The SMILES string of the molecule is Cc1nc2cc(-c3ncnn3-c3c([Si](C)(C)C)cccc3[Si](C)(C)C)[c-]cc2n1C.[Ir]. The van der Waals surface area contributed by atoms with Crippen LogP contribution < -0.4 is 10.4 Å². The Morgan fingerprint density at radius 2 is 1.58 bits per heavy atom. The van der Waals surface area contributed by atoms with Gasteiger partial charge in [-0.15, -0.1) is 23.8 Å². The zero-order chi connectivity index (χ0) is 21.8. The first-order valence-corrected chi connectivity index (χ1v) is 17.4. The maximum Gasteiger partial charge on any atom is 0.127 e. The summed E-state index contributed by atoms with van der Waals surface area (Å²) in [5.41, 5.74) is 4.19. The molecule has 5 nitrogen and oxygen atoms in total. The summed E-state index contributed by atoms with van der Waals surface area (Å²) in [5, 5.41) is 7.56. The number of hydrogen-bond acceptors (Lipinski definition) is 3. The van der Waals surface area contributed by atoms with E-state index < -0.39 is 16.1 Å². The van der Waals surface area contributed by atoms with Crippen molar-refractivity contribution >= 4 is 37.6 Å². The predicted octanol–water partition coefficient (Wildman–Crippen LogP) is 4.02. The average Bonchev–Trinajstić information content (AvgIpc) is 3.24. The number of imidazole rings is 1. The predicted molar refractivity (Wildman–Crippen MR) is 131 cm³/mol. The minimum absolute atomic E-state index is 0. The van der Waals surface area contributed by atoms with Gasteiger partial charge in [-0.3, -0.25) is 14.6 Å². The number of fused-ring (bicyclic) bond motifs is 1. The monoisotopic (exact) mass is 625 g/mol. The third kappa shape index (κ3) is 4.26. The van der Waals surface area contributed by atoms with Gasteiger partial charge < -0.3 is 4.57 Å². The van der Waals surface area contributed by atoms with Crippen LogP contribution >= 0.6 is 0 Å². The van der Waals surface area contributed by atoms with E-state index in [-0.39, 0.29) is 20.1 Å². The number of nitrogens with zero attached hydrogens (tertiary/aromatic N) is 5. The molecule has 1 radical (unpaired) electrons. The molecule has 0 fully saturated rings. The van der Waals surface area contributed by atoms with Gasteiger partial charge in [0.2, 0.25) is 0 Å². The summed E-state index contributed by atoms with van der Waals surface area (Å²) in [5.74, 6) is 1.81. The van der Waals surface area contributed by atoms with Gasteiger partial charge in [-0.05, 0) is 22.8 Å². The van der Waals surface area contributed by atoms with E-state index in [1.807, 2.05) is 20.0 Å². The molecule has 0 aliphatic carbocycles. The van der Waals surface area contributed by atoms with Gasteiger partial charge in [0.05, 0.1) is 33.5 Å². The van der Waals surface area contributed by atoms with Gasteiger partial charge in [-0.25, -0.2) is 0 Å². The minimum atomic E-state index is -1.61. The molecule has 0 aliphatic rings. The summed E-state index contributed by atoms with van der Waals surface area (Å²) in [6.07, 6.45) is 1.66. The Morgan fingerprint density at radius 3 is 2.16 bits per heavy atom. The third-order valence-electron chi connectivity index (χ3n) is 5.69. The molecule has 165 valence electrons. The third-order valence-corrected chi connectivity index (χ3v) is 9.73. The summed E-state index contributed by atoms with van der Waals surface area (Å²) in [6.45, 7) is 16.4. The maximum absolute atomic E-state index is 4.72. The number of hydrogen-bond donors (Lipinski definition) is 0. The fourth-order valence-corrected chi connectivity index (χ4v) is 7.17. The summed E-state index contributed by atoms with van der Waals surface area (Å²) >= 11 is 0. The molecule has 2 aromatic heterocycles. The van der Waals surface area contributed by atoms with Crippen LogP contribution in [0.4, 0.5) is 0 Å². The molecule has 4 aromatic rings. The summed E-state index contributed by atoms with van der Waals surface area (Å²) in [6, 6.07) is 14.3. The number of rotatable bonds is 4. The fourth-order valence-electron chi connectivity index (χ4n) is 3.95. The van der Waals surface area contributed by atoms with E-state index >= 15 is 0 Å². The van der Waals surface area contributed by atoms with Crippen LogP contribution in [0.2, 0.25) is 39.3 Å². The molecule has 0 amide bonds. The van der Waals surface area contributed by atoms with Crippen LogP contribution in [0.3, 0.4) is 0 Å². The van der Waals surface area contributed by atoms with Crippen molar-refractivity contribution in [3.8, 4) is 17.1 Å². The molecule has 0 N–H and O–H groups in total. The normalized spacial score (nSPS) is 12.3. The van der Waals surface area contributed by atoms with Crippen molar-refractivity contribution < 1.29 is 20.1 Å². The van der Waals surface area contributed by atoms with Crippen LogP contribution in [0.1, 0.15) is 5.82 Å². The van der Waals surface area contributed by atoms with E-state index in [0.717, 1.165) is 28.2 Å². The number of aryl methyl sites for hydroxylation is 2. The molecule has 0 atom stereocenters. The number of benzene rings is 2. The van der Waals surface area contributed by atoms with Gasteiger partial charge in [-0.1, -0.05) is 57.5 Å². The van der Waals surface area contributed by atoms with Crippen molar-refractivity contribution in [1.82, 2.24) is 24.3 Å². The average molecular weight is 625 g/mol. The van der Waals surface area contributed by atoms with Gasteiger partial charge in [0, 0.05) is 32.7 Å². The zero-order valence-corrected chi connectivity index (χ0v) is 23.9. The zero-order valence-electron chi connectivity index (χ0n) is 19.5. The molecule has 0 saturated carbocycles. The van der Waals surface area contributed by atoms with E-state index in [2.05, 4.69) is 83.8 Å². The van der Waals surface area contributed by atoms with Crippen molar-refractivity contribution in [1.29, 1.82) is 0 Å². The van der Waals surface area contributed by atoms with Crippen LogP contribution in [-0.2, 0) is 27.2 Å². The number of aromatic nitrogens is 5. The van der Waals surface area contributed by atoms with Gasteiger partial charge in [0.25, 0.3) is 0 Å². The van der Waals surface area contributed by atoms with Crippen molar-refractivity contribution in [2.24, 2.45) is 7.05 Å². The fraction of sp³-hybridized carbons (Fsp3) is 0.348. The second-order valence-corrected chi connectivity index (χ2v) is 20.1. The Balaban J connectivity index is 0.00000272. The van der Waals surface area contributed by atoms with Gasteiger partial charge in [-0.2, -0.15) is 5.10 Å². The van der Waals surface area contributed by atoms with Crippen LogP contribution in [0.5, 0.6) is 0 Å². The molecule has 0 saturated heterocycles. The molecule has 8 heteroatoms. The molecule has 2 heterocycles. The number of para-hydroxylation sites is 1. The topological polar surface area (TPSA) is 48.5 Å². The molecular weight excluding hydrogens is 595 g/mol. The Hall–Kier alpha value is -1.87. The standard InChI is InChI=1S/C23H30N5Si2.Ir/c1-16-26-18-14-17(12-13-19(18)27(16)2)23-24-15-25-28(23)22-20(29(3,4)5)10-9-11-21(22)30(6,7)8;/h9-11,13-15H,1-8H3;/q-1;. The van der Waals surface area contributed by atoms with E-state index in [0.29, 0.717) is 0 Å². The maximum atomic E-state index is 4.72. The van der Waals surface area contributed by atoms with E-state index in [4.69, 9.17) is 10.1 Å². The Morgan fingerprint density at radius 1 is 0.968 bits per heavy atom. The van der Waals surface area contributed by atoms with Crippen LogP contribution in [0.25, 0.3) is 28.1 Å².